The SMILES string of the molecule is Cc1cnc(Nc2nc(Oc3ccc(NC(=O)C4CC4)cc3)nc(N3CCN(C)CC3)n2)s1. The Kier molecular flexibility index (Phi) is 6.05. The first-order valence-electron chi connectivity index (χ1n) is 11.0. The van der Waals surface area contributed by atoms with E-state index in [1.165, 1.54) is 11.3 Å². The molecule has 5 rings (SSSR count). The number of likely N-dealkylation sites (N-methyl/N-ethyl adjacent to an activating group) is 1. The van der Waals surface area contributed by atoms with Gasteiger partial charge >= 0.3 is 6.01 Å². The number of benzene rings is 1. The van der Waals surface area contributed by atoms with E-state index in [1.807, 2.05) is 19.1 Å². The fourth-order valence-electron chi connectivity index (χ4n) is 3.40. The van der Waals surface area contributed by atoms with Crippen LogP contribution in [0.25, 0.3) is 0 Å². The number of carbonyl (C=O) groups is 1. The van der Waals surface area contributed by atoms with Crippen molar-refractivity contribution in [2.75, 3.05) is 48.8 Å². The van der Waals surface area contributed by atoms with Gasteiger partial charge in [0.1, 0.15) is 5.75 Å². The molecule has 2 fully saturated rings. The average Bonchev–Trinajstić information content (AvgIpc) is 3.58. The summed E-state index contributed by atoms with van der Waals surface area (Å²) in [6.45, 7) is 5.52. The molecule has 0 unspecified atom stereocenters. The highest BCUT2D eigenvalue weighted by atomic mass is 32.1. The molecule has 0 bridgehead atoms. The Morgan fingerprint density at radius 2 is 1.85 bits per heavy atom. The summed E-state index contributed by atoms with van der Waals surface area (Å²) in [6.07, 6.45) is 3.74. The molecular weight excluding hydrogens is 440 g/mol. The summed E-state index contributed by atoms with van der Waals surface area (Å²) in [6, 6.07) is 7.41. The Balaban J connectivity index is 1.35. The van der Waals surface area contributed by atoms with E-state index < -0.39 is 0 Å². The summed E-state index contributed by atoms with van der Waals surface area (Å²) in [5, 5.41) is 6.81. The van der Waals surface area contributed by atoms with Crippen molar-refractivity contribution >= 4 is 40.0 Å². The van der Waals surface area contributed by atoms with Gasteiger partial charge in [0.15, 0.2) is 5.13 Å². The van der Waals surface area contributed by atoms with Gasteiger partial charge in [0.2, 0.25) is 17.8 Å². The zero-order valence-electron chi connectivity index (χ0n) is 18.6. The Bertz CT molecular complexity index is 1120. The molecule has 1 amide bonds. The van der Waals surface area contributed by atoms with Crippen molar-refractivity contribution in [3.8, 4) is 11.8 Å². The van der Waals surface area contributed by atoms with Crippen LogP contribution in [-0.4, -0.2) is 64.0 Å². The molecule has 0 radical (unpaired) electrons. The average molecular weight is 467 g/mol. The topological polar surface area (TPSA) is 108 Å². The number of amides is 1. The van der Waals surface area contributed by atoms with Crippen molar-refractivity contribution in [2.24, 2.45) is 5.92 Å². The van der Waals surface area contributed by atoms with Crippen molar-refractivity contribution in [2.45, 2.75) is 19.8 Å². The summed E-state index contributed by atoms with van der Waals surface area (Å²) in [5.41, 5.74) is 0.745. The summed E-state index contributed by atoms with van der Waals surface area (Å²) >= 11 is 1.53. The molecule has 172 valence electrons. The molecule has 2 aromatic heterocycles. The third kappa shape index (κ3) is 5.55. The van der Waals surface area contributed by atoms with Crippen LogP contribution >= 0.6 is 11.3 Å². The van der Waals surface area contributed by atoms with E-state index in [-0.39, 0.29) is 17.8 Å². The van der Waals surface area contributed by atoms with Gasteiger partial charge in [-0.1, -0.05) is 0 Å². The van der Waals surface area contributed by atoms with E-state index in [0.29, 0.717) is 22.8 Å². The number of carbonyl (C=O) groups excluding carboxylic acids is 1. The molecule has 1 saturated heterocycles. The Morgan fingerprint density at radius 1 is 1.09 bits per heavy atom. The van der Waals surface area contributed by atoms with Crippen LogP contribution < -0.4 is 20.3 Å². The van der Waals surface area contributed by atoms with Crippen LogP contribution in [0.4, 0.5) is 22.7 Å². The maximum absolute atomic E-state index is 12.0. The van der Waals surface area contributed by atoms with E-state index in [1.54, 1.807) is 18.3 Å². The second-order valence-electron chi connectivity index (χ2n) is 8.32. The molecule has 3 aromatic rings. The summed E-state index contributed by atoms with van der Waals surface area (Å²) in [7, 11) is 2.10. The molecule has 11 heteroatoms. The highest BCUT2D eigenvalue weighted by molar-refractivity contribution is 7.15. The van der Waals surface area contributed by atoms with Gasteiger partial charge in [-0.3, -0.25) is 10.1 Å². The number of nitrogens with one attached hydrogen (secondary N) is 2. The number of rotatable bonds is 7. The monoisotopic (exact) mass is 466 g/mol. The number of ether oxygens (including phenoxy) is 1. The van der Waals surface area contributed by atoms with Gasteiger partial charge < -0.3 is 19.9 Å². The van der Waals surface area contributed by atoms with E-state index in [0.717, 1.165) is 49.6 Å². The molecule has 33 heavy (non-hydrogen) atoms. The minimum Gasteiger partial charge on any atom is -0.424 e. The van der Waals surface area contributed by atoms with Gasteiger partial charge in [-0.05, 0) is 51.1 Å². The molecule has 3 heterocycles. The van der Waals surface area contributed by atoms with Crippen LogP contribution in [-0.2, 0) is 4.79 Å². The molecule has 1 saturated carbocycles. The third-order valence-corrected chi connectivity index (χ3v) is 6.34. The highest BCUT2D eigenvalue weighted by Gasteiger charge is 2.29. The molecule has 1 aliphatic carbocycles. The second kappa shape index (κ2) is 9.28. The smallest absolute Gasteiger partial charge is 0.328 e. The third-order valence-electron chi connectivity index (χ3n) is 5.51. The highest BCUT2D eigenvalue weighted by Crippen LogP contribution is 2.31. The lowest BCUT2D eigenvalue weighted by atomic mass is 10.3. The largest absolute Gasteiger partial charge is 0.424 e. The number of aromatic nitrogens is 4. The Hall–Kier alpha value is -3.31. The summed E-state index contributed by atoms with van der Waals surface area (Å²) in [4.78, 5) is 35.4. The number of aryl methyl sites for hydroxylation is 1. The lowest BCUT2D eigenvalue weighted by Crippen LogP contribution is -2.45. The number of hydrogen-bond acceptors (Lipinski definition) is 10. The Labute approximate surface area is 196 Å². The molecule has 1 aliphatic heterocycles. The van der Waals surface area contributed by atoms with Gasteiger partial charge in [-0.25, -0.2) is 4.98 Å². The van der Waals surface area contributed by atoms with Crippen LogP contribution in [0.1, 0.15) is 17.7 Å². The van der Waals surface area contributed by atoms with E-state index in [9.17, 15) is 4.79 Å². The molecule has 0 atom stereocenters. The first-order chi connectivity index (χ1) is 16.0. The lowest BCUT2D eigenvalue weighted by Gasteiger charge is -2.32. The molecule has 1 aromatic carbocycles. The number of anilines is 4. The van der Waals surface area contributed by atoms with E-state index in [4.69, 9.17) is 4.74 Å². The molecule has 2 aliphatic rings. The van der Waals surface area contributed by atoms with Gasteiger partial charge in [0, 0.05) is 48.9 Å². The maximum Gasteiger partial charge on any atom is 0.328 e. The van der Waals surface area contributed by atoms with Crippen molar-refractivity contribution in [1.82, 2.24) is 24.8 Å². The zero-order valence-corrected chi connectivity index (χ0v) is 19.4. The lowest BCUT2D eigenvalue weighted by molar-refractivity contribution is -0.117. The molecule has 0 spiro atoms. The summed E-state index contributed by atoms with van der Waals surface area (Å²) < 4.78 is 5.97. The van der Waals surface area contributed by atoms with Gasteiger partial charge in [-0.15, -0.1) is 11.3 Å². The number of hydrogen-bond donors (Lipinski definition) is 2. The van der Waals surface area contributed by atoms with Crippen LogP contribution in [0.3, 0.4) is 0 Å². The molecule has 10 nitrogen and oxygen atoms in total. The van der Waals surface area contributed by atoms with Crippen molar-refractivity contribution < 1.29 is 9.53 Å². The van der Waals surface area contributed by atoms with Gasteiger partial charge in [-0.2, -0.15) is 15.0 Å². The van der Waals surface area contributed by atoms with Crippen LogP contribution in [0, 0.1) is 12.8 Å². The van der Waals surface area contributed by atoms with Gasteiger partial charge in [0.05, 0.1) is 0 Å². The number of thiazole rings is 1. The van der Waals surface area contributed by atoms with Crippen molar-refractivity contribution in [1.29, 1.82) is 0 Å². The van der Waals surface area contributed by atoms with Crippen LogP contribution in [0.5, 0.6) is 11.8 Å². The fourth-order valence-corrected chi connectivity index (χ4v) is 4.06. The first kappa shape index (κ1) is 21.5. The minimum absolute atomic E-state index is 0.0751. The standard InChI is InChI=1S/C22H26N8O2S/c1-14-13-23-22(33-14)27-19-25-20(30-11-9-29(2)10-12-30)28-21(26-19)32-17-7-5-16(6-8-17)24-18(31)15-3-4-15/h5-8,13,15H,3-4,9-12H2,1-2H3,(H,24,31)(H,23,25,26,27,28). The van der Waals surface area contributed by atoms with Crippen molar-refractivity contribution in [3.05, 3.63) is 35.3 Å². The maximum atomic E-state index is 12.0. The van der Waals surface area contributed by atoms with E-state index in [2.05, 4.69) is 47.4 Å². The van der Waals surface area contributed by atoms with E-state index >= 15 is 0 Å². The predicted octanol–water partition coefficient (Wildman–Crippen LogP) is 3.27. The first-order valence-corrected chi connectivity index (χ1v) is 11.8. The fraction of sp³-hybridized carbons (Fsp3) is 0.409. The molecular formula is C22H26N8O2S. The van der Waals surface area contributed by atoms with Gasteiger partial charge in [0.25, 0.3) is 0 Å². The minimum atomic E-state index is 0.0751. The van der Waals surface area contributed by atoms with Crippen LogP contribution in [0.2, 0.25) is 0 Å². The second-order valence-corrected chi connectivity index (χ2v) is 9.56. The predicted molar refractivity (Wildman–Crippen MR) is 128 cm³/mol. The quantitative estimate of drug-likeness (QED) is 0.542. The van der Waals surface area contributed by atoms with Crippen LogP contribution in [0.15, 0.2) is 30.5 Å². The number of nitrogens with zero attached hydrogens (tertiary/aromatic N) is 6. The van der Waals surface area contributed by atoms with Crippen molar-refractivity contribution in [3.63, 3.8) is 0 Å². The molecule has 2 N–H and O–H groups in total. The number of piperazine rings is 1. The Morgan fingerprint density at radius 3 is 2.52 bits per heavy atom. The zero-order chi connectivity index (χ0) is 22.8. The normalized spacial score (nSPS) is 16.5. The summed E-state index contributed by atoms with van der Waals surface area (Å²) in [5.74, 6) is 1.76.